The van der Waals surface area contributed by atoms with Gasteiger partial charge in [-0.25, -0.2) is 4.79 Å². The Bertz CT molecular complexity index is 1050. The third-order valence-electron chi connectivity index (χ3n) is 6.64. The molecular formula is C37H55NO2U. The zero-order chi connectivity index (χ0) is 30.3. The zero-order valence-electron chi connectivity index (χ0n) is 26.7. The van der Waals surface area contributed by atoms with Gasteiger partial charge in [-0.05, 0) is 79.2 Å². The number of rotatable bonds is 9. The molecule has 0 bridgehead atoms. The summed E-state index contributed by atoms with van der Waals surface area (Å²) >= 11 is 0. The Hall–Kier alpha value is -2.02. The molecule has 0 aromatic heterocycles. The van der Waals surface area contributed by atoms with E-state index in [0.29, 0.717) is 5.57 Å². The fraction of sp³-hybridized carbons (Fsp3) is 0.432. The maximum Gasteiger partial charge on any atom is 2.00 e. The predicted octanol–water partition coefficient (Wildman–Crippen LogP) is 9.84. The van der Waals surface area contributed by atoms with Crippen LogP contribution in [0.3, 0.4) is 0 Å². The van der Waals surface area contributed by atoms with Crippen LogP contribution in [0.15, 0.2) is 78.0 Å². The van der Waals surface area contributed by atoms with Gasteiger partial charge in [0.2, 0.25) is 0 Å². The molecule has 1 atom stereocenters. The average Bonchev–Trinajstić information content (AvgIpc) is 2.97. The number of hydrogen-bond donors (Lipinski definition) is 2. The van der Waals surface area contributed by atoms with Crippen LogP contribution in [0.1, 0.15) is 95.4 Å². The summed E-state index contributed by atoms with van der Waals surface area (Å²) in [6.45, 7) is 21.0. The van der Waals surface area contributed by atoms with E-state index in [9.17, 15) is 9.90 Å². The number of carboxylic acids is 1. The van der Waals surface area contributed by atoms with Gasteiger partial charge in [0, 0.05) is 12.7 Å². The Morgan fingerprint density at radius 2 is 1.59 bits per heavy atom. The Labute approximate surface area is 276 Å². The summed E-state index contributed by atoms with van der Waals surface area (Å²) in [5.41, 5.74) is 7.72. The van der Waals surface area contributed by atoms with E-state index >= 15 is 0 Å². The minimum Gasteiger partial charge on any atom is -0.478 e. The number of fused-ring (bicyclic) bond motifs is 1. The Morgan fingerprint density at radius 3 is 2.05 bits per heavy atom. The van der Waals surface area contributed by atoms with E-state index in [1.165, 1.54) is 22.3 Å². The summed E-state index contributed by atoms with van der Waals surface area (Å²) in [6, 6.07) is 16.8. The van der Waals surface area contributed by atoms with E-state index in [4.69, 9.17) is 0 Å². The van der Waals surface area contributed by atoms with E-state index in [1.807, 2.05) is 46.0 Å². The molecule has 0 heterocycles. The molecule has 4 heteroatoms. The monoisotopic (exact) mass is 783 g/mol. The van der Waals surface area contributed by atoms with Gasteiger partial charge in [-0.2, -0.15) is 12.8 Å². The second kappa shape index (κ2) is 25.7. The number of nitrogens with one attached hydrogen (secondary N) is 1. The van der Waals surface area contributed by atoms with Gasteiger partial charge in [-0.15, -0.1) is 0 Å². The van der Waals surface area contributed by atoms with E-state index < -0.39 is 5.97 Å². The van der Waals surface area contributed by atoms with Crippen LogP contribution >= 0.6 is 0 Å². The van der Waals surface area contributed by atoms with Gasteiger partial charge in [-0.1, -0.05) is 101 Å². The van der Waals surface area contributed by atoms with Crippen LogP contribution in [0.25, 0.3) is 6.08 Å². The van der Waals surface area contributed by atoms with E-state index in [0.717, 1.165) is 69.1 Å². The molecule has 0 radical (unpaired) electrons. The Kier molecular flexibility index (Phi) is 25.7. The van der Waals surface area contributed by atoms with Crippen molar-refractivity contribution in [2.45, 2.75) is 92.4 Å². The molecule has 1 aliphatic carbocycles. The fourth-order valence-electron chi connectivity index (χ4n) is 4.76. The summed E-state index contributed by atoms with van der Waals surface area (Å²) in [5, 5.41) is 13.0. The topological polar surface area (TPSA) is 49.3 Å². The first-order chi connectivity index (χ1) is 19.3. The second-order valence-corrected chi connectivity index (χ2v) is 9.72. The third kappa shape index (κ3) is 15.1. The van der Waals surface area contributed by atoms with Crippen molar-refractivity contribution in [1.82, 2.24) is 5.32 Å². The van der Waals surface area contributed by atoms with Crippen molar-refractivity contribution in [3.8, 4) is 0 Å². The molecular weight excluding hydrogens is 728 g/mol. The molecule has 1 aliphatic rings. The SMILES string of the molecule is C/C=C(\C(C(=O)O)=C(/CCCC)NC)C1CCc2ccccc2C1.C=Cc1ccccc1CC.[CH2-]CC.[CH2-]CC.[U+2]. The first-order valence-electron chi connectivity index (χ1n) is 15.0. The Morgan fingerprint density at radius 1 is 1.02 bits per heavy atom. The normalized spacial score (nSPS) is 14.0. The van der Waals surface area contributed by atoms with Crippen molar-refractivity contribution in [2.75, 3.05) is 7.05 Å². The van der Waals surface area contributed by atoms with Gasteiger partial charge in [0.15, 0.2) is 0 Å². The molecule has 2 N–H and O–H groups in total. The van der Waals surface area contributed by atoms with Crippen LogP contribution in [-0.2, 0) is 24.1 Å². The molecule has 1 unspecified atom stereocenters. The second-order valence-electron chi connectivity index (χ2n) is 9.72. The number of unbranched alkanes of at least 4 members (excludes halogenated alkanes) is 1. The van der Waals surface area contributed by atoms with Crippen molar-refractivity contribution < 1.29 is 41.0 Å². The Balaban J connectivity index is 0. The molecule has 2 aromatic rings. The third-order valence-corrected chi connectivity index (χ3v) is 6.64. The molecule has 3 rings (SSSR count). The van der Waals surface area contributed by atoms with Crippen LogP contribution in [0.5, 0.6) is 0 Å². The van der Waals surface area contributed by atoms with Crippen LogP contribution < -0.4 is 5.32 Å². The molecule has 0 spiro atoms. The molecule has 0 saturated heterocycles. The van der Waals surface area contributed by atoms with Crippen molar-refractivity contribution in [3.05, 3.63) is 114 Å². The molecule has 2 aromatic carbocycles. The predicted molar refractivity (Wildman–Crippen MR) is 176 cm³/mol. The fourth-order valence-corrected chi connectivity index (χ4v) is 4.76. The van der Waals surface area contributed by atoms with Crippen LogP contribution in [0.2, 0.25) is 0 Å². The van der Waals surface area contributed by atoms with Gasteiger partial charge >= 0.3 is 37.1 Å². The molecule has 3 nitrogen and oxygen atoms in total. The van der Waals surface area contributed by atoms with Gasteiger partial charge in [-0.3, -0.25) is 0 Å². The first kappa shape index (κ1) is 41.1. The minimum absolute atomic E-state index is 0. The van der Waals surface area contributed by atoms with E-state index in [2.05, 4.69) is 82.1 Å². The minimum atomic E-state index is -0.817. The molecule has 41 heavy (non-hydrogen) atoms. The number of aryl methyl sites for hydroxylation is 2. The van der Waals surface area contributed by atoms with Gasteiger partial charge in [0.1, 0.15) is 0 Å². The summed E-state index contributed by atoms with van der Waals surface area (Å²) in [5.74, 6) is -0.539. The van der Waals surface area contributed by atoms with Crippen LogP contribution in [0.4, 0.5) is 0 Å². The maximum absolute atomic E-state index is 12.0. The van der Waals surface area contributed by atoms with E-state index in [-0.39, 0.29) is 37.0 Å². The zero-order valence-corrected chi connectivity index (χ0v) is 30.9. The summed E-state index contributed by atoms with van der Waals surface area (Å²) in [7, 11) is 1.83. The molecule has 0 fully saturated rings. The van der Waals surface area contributed by atoms with E-state index in [1.54, 1.807) is 0 Å². The van der Waals surface area contributed by atoms with Crippen molar-refractivity contribution in [3.63, 3.8) is 0 Å². The van der Waals surface area contributed by atoms with Crippen LogP contribution in [0, 0.1) is 50.9 Å². The standard InChI is InChI=1S/C21H29NO2.C10H12.2C3H7.U/c1-4-6-11-19(22-3)20(21(23)24)18(5-2)17-13-12-15-9-7-8-10-16(15)14-17;1-3-9-7-5-6-8-10(9)4-2;2*1-3-2;/h5,7-10,17,22H,4,6,11-14H2,1-3H3,(H,23,24);3,5-8H,1,4H2,2H3;2*1,3H2,2H3;/q;;2*-1;+2/b18-5-,20-19-;;;;. The molecule has 0 amide bonds. The number of benzene rings is 2. The number of carboxylic acid groups (broad SMARTS) is 1. The first-order valence-corrected chi connectivity index (χ1v) is 15.0. The molecule has 0 saturated carbocycles. The van der Waals surface area contributed by atoms with Gasteiger partial charge < -0.3 is 24.3 Å². The van der Waals surface area contributed by atoms with Crippen molar-refractivity contribution >= 4 is 12.0 Å². The summed E-state index contributed by atoms with van der Waals surface area (Å²) in [6.07, 6.45) is 12.8. The largest absolute Gasteiger partial charge is 2.00 e. The number of hydrogen-bond acceptors (Lipinski definition) is 2. The quantitative estimate of drug-likeness (QED) is 0.151. The number of aliphatic carboxylic acids is 1. The summed E-state index contributed by atoms with van der Waals surface area (Å²) < 4.78 is 0. The summed E-state index contributed by atoms with van der Waals surface area (Å²) in [4.78, 5) is 12.0. The molecule has 224 valence electrons. The van der Waals surface area contributed by atoms with Crippen molar-refractivity contribution in [1.29, 1.82) is 0 Å². The van der Waals surface area contributed by atoms with Gasteiger partial charge in [0.25, 0.3) is 0 Å². The average molecular weight is 784 g/mol. The molecule has 0 aliphatic heterocycles. The number of carbonyl (C=O) groups is 1. The smallest absolute Gasteiger partial charge is 0.478 e. The van der Waals surface area contributed by atoms with Crippen LogP contribution in [-0.4, -0.2) is 18.1 Å². The van der Waals surface area contributed by atoms with Gasteiger partial charge in [0.05, 0.1) is 5.57 Å². The maximum atomic E-state index is 12.0. The van der Waals surface area contributed by atoms with Crippen molar-refractivity contribution in [2.24, 2.45) is 5.92 Å². The number of allylic oxidation sites excluding steroid dienone is 2.